The minimum Gasteiger partial charge on any atom is -0.375 e. The lowest BCUT2D eigenvalue weighted by Gasteiger charge is -2.09. The van der Waals surface area contributed by atoms with Gasteiger partial charge in [0.2, 0.25) is 11.8 Å². The van der Waals surface area contributed by atoms with Gasteiger partial charge in [-0.3, -0.25) is 9.59 Å². The maximum absolute atomic E-state index is 12.0. The Hall–Kier alpha value is -2.18. The SMILES string of the molecule is COCC(=O)Nc1cccc(CNC(=O)Cc2ccc(Br)cc2)c1. The number of benzene rings is 2. The molecule has 24 heavy (non-hydrogen) atoms. The Morgan fingerprint density at radius 3 is 2.50 bits per heavy atom. The number of hydrogen-bond donors (Lipinski definition) is 2. The summed E-state index contributed by atoms with van der Waals surface area (Å²) in [4.78, 5) is 23.5. The monoisotopic (exact) mass is 390 g/mol. The minimum absolute atomic E-state index is 0.00809. The summed E-state index contributed by atoms with van der Waals surface area (Å²) >= 11 is 3.37. The number of carbonyl (C=O) groups excluding carboxylic acids is 2. The fourth-order valence-electron chi connectivity index (χ4n) is 2.14. The first-order valence-corrected chi connectivity index (χ1v) is 8.25. The Labute approximate surface area is 149 Å². The van der Waals surface area contributed by atoms with Crippen molar-refractivity contribution in [2.75, 3.05) is 19.0 Å². The summed E-state index contributed by atoms with van der Waals surface area (Å²) in [6, 6.07) is 15.0. The van der Waals surface area contributed by atoms with Crippen molar-refractivity contribution in [3.8, 4) is 0 Å². The molecule has 0 unspecified atom stereocenters. The highest BCUT2D eigenvalue weighted by Gasteiger charge is 2.05. The summed E-state index contributed by atoms with van der Waals surface area (Å²) in [5.41, 5.74) is 2.54. The lowest BCUT2D eigenvalue weighted by atomic mass is 10.1. The van der Waals surface area contributed by atoms with Crippen LogP contribution in [0.5, 0.6) is 0 Å². The molecule has 126 valence electrons. The maximum Gasteiger partial charge on any atom is 0.250 e. The summed E-state index contributed by atoms with van der Waals surface area (Å²) in [7, 11) is 1.47. The lowest BCUT2D eigenvalue weighted by molar-refractivity contribution is -0.121. The Morgan fingerprint density at radius 1 is 1.04 bits per heavy atom. The van der Waals surface area contributed by atoms with E-state index in [1.807, 2.05) is 42.5 Å². The normalized spacial score (nSPS) is 10.2. The Balaban J connectivity index is 1.86. The Bertz CT molecular complexity index is 702. The third kappa shape index (κ3) is 6.14. The second kappa shape index (κ2) is 9.20. The molecule has 6 heteroatoms. The molecule has 0 aliphatic carbocycles. The summed E-state index contributed by atoms with van der Waals surface area (Å²) in [5, 5.41) is 5.61. The van der Waals surface area contributed by atoms with Crippen molar-refractivity contribution in [3.63, 3.8) is 0 Å². The quantitative estimate of drug-likeness (QED) is 0.763. The fourth-order valence-corrected chi connectivity index (χ4v) is 2.40. The van der Waals surface area contributed by atoms with Crippen LogP contribution >= 0.6 is 15.9 Å². The summed E-state index contributed by atoms with van der Waals surface area (Å²) < 4.78 is 5.76. The molecule has 2 amide bonds. The van der Waals surface area contributed by atoms with Crippen LogP contribution in [0, 0.1) is 0 Å². The van der Waals surface area contributed by atoms with Gasteiger partial charge < -0.3 is 15.4 Å². The van der Waals surface area contributed by atoms with Gasteiger partial charge >= 0.3 is 0 Å². The summed E-state index contributed by atoms with van der Waals surface area (Å²) in [6.07, 6.45) is 0.331. The van der Waals surface area contributed by atoms with E-state index >= 15 is 0 Å². The second-order valence-electron chi connectivity index (χ2n) is 5.26. The molecule has 5 nitrogen and oxygen atoms in total. The molecule has 0 bridgehead atoms. The number of rotatable bonds is 7. The number of ether oxygens (including phenoxy) is 1. The van der Waals surface area contributed by atoms with Gasteiger partial charge in [-0.1, -0.05) is 40.2 Å². The number of halogens is 1. The maximum atomic E-state index is 12.0. The van der Waals surface area contributed by atoms with Crippen LogP contribution in [0.2, 0.25) is 0 Å². The van der Waals surface area contributed by atoms with Crippen LogP contribution < -0.4 is 10.6 Å². The zero-order chi connectivity index (χ0) is 17.4. The highest BCUT2D eigenvalue weighted by atomic mass is 79.9. The van der Waals surface area contributed by atoms with Gasteiger partial charge in [0.25, 0.3) is 0 Å². The average Bonchev–Trinajstić information content (AvgIpc) is 2.56. The molecule has 0 aliphatic heterocycles. The van der Waals surface area contributed by atoms with Crippen LogP contribution in [0.4, 0.5) is 5.69 Å². The molecular weight excluding hydrogens is 372 g/mol. The molecule has 0 heterocycles. The Morgan fingerprint density at radius 2 is 1.79 bits per heavy atom. The van der Waals surface area contributed by atoms with Crippen molar-refractivity contribution in [2.45, 2.75) is 13.0 Å². The molecule has 0 aromatic heterocycles. The largest absolute Gasteiger partial charge is 0.375 e. The van der Waals surface area contributed by atoms with Crippen molar-refractivity contribution in [3.05, 3.63) is 64.1 Å². The van der Waals surface area contributed by atoms with E-state index in [2.05, 4.69) is 26.6 Å². The lowest BCUT2D eigenvalue weighted by Crippen LogP contribution is -2.24. The van der Waals surface area contributed by atoms with Gasteiger partial charge in [0.05, 0.1) is 6.42 Å². The molecule has 0 saturated carbocycles. The van der Waals surface area contributed by atoms with Gasteiger partial charge in [-0.25, -0.2) is 0 Å². The van der Waals surface area contributed by atoms with E-state index in [4.69, 9.17) is 4.74 Å². The van der Waals surface area contributed by atoms with E-state index in [1.165, 1.54) is 7.11 Å². The van der Waals surface area contributed by atoms with Gasteiger partial charge in [0.1, 0.15) is 6.61 Å². The number of carbonyl (C=O) groups is 2. The van der Waals surface area contributed by atoms with Crippen LogP contribution in [-0.2, 0) is 27.3 Å². The van der Waals surface area contributed by atoms with Crippen molar-refractivity contribution in [2.24, 2.45) is 0 Å². The molecular formula is C18H19BrN2O3. The zero-order valence-corrected chi connectivity index (χ0v) is 14.9. The van der Waals surface area contributed by atoms with Gasteiger partial charge in [0.15, 0.2) is 0 Å². The van der Waals surface area contributed by atoms with E-state index < -0.39 is 0 Å². The van der Waals surface area contributed by atoms with Crippen LogP contribution in [-0.4, -0.2) is 25.5 Å². The number of methoxy groups -OCH3 is 1. The van der Waals surface area contributed by atoms with Crippen LogP contribution in [0.1, 0.15) is 11.1 Å². The number of nitrogens with one attached hydrogen (secondary N) is 2. The molecule has 2 aromatic rings. The van der Waals surface area contributed by atoms with Gasteiger partial charge in [-0.15, -0.1) is 0 Å². The third-order valence-corrected chi connectivity index (χ3v) is 3.78. The number of amides is 2. The summed E-state index contributed by atoms with van der Waals surface area (Å²) in [6.45, 7) is 0.414. The average molecular weight is 391 g/mol. The molecule has 2 aromatic carbocycles. The highest BCUT2D eigenvalue weighted by molar-refractivity contribution is 9.10. The van der Waals surface area contributed by atoms with Crippen LogP contribution in [0.15, 0.2) is 53.0 Å². The number of hydrogen-bond acceptors (Lipinski definition) is 3. The van der Waals surface area contributed by atoms with Crippen molar-refractivity contribution < 1.29 is 14.3 Å². The topological polar surface area (TPSA) is 67.4 Å². The van der Waals surface area contributed by atoms with E-state index in [0.717, 1.165) is 15.6 Å². The van der Waals surface area contributed by atoms with Gasteiger partial charge in [-0.2, -0.15) is 0 Å². The van der Waals surface area contributed by atoms with E-state index in [9.17, 15) is 9.59 Å². The molecule has 0 saturated heterocycles. The summed E-state index contributed by atoms with van der Waals surface area (Å²) in [5.74, 6) is -0.264. The Kier molecular flexibility index (Phi) is 6.96. The third-order valence-electron chi connectivity index (χ3n) is 3.25. The van der Waals surface area contributed by atoms with Crippen molar-refractivity contribution in [1.82, 2.24) is 5.32 Å². The predicted octanol–water partition coefficient (Wildman–Crippen LogP) is 2.89. The highest BCUT2D eigenvalue weighted by Crippen LogP contribution is 2.12. The van der Waals surface area contributed by atoms with E-state index in [1.54, 1.807) is 6.07 Å². The molecule has 2 rings (SSSR count). The molecule has 0 radical (unpaired) electrons. The minimum atomic E-state index is -0.214. The van der Waals surface area contributed by atoms with Crippen molar-refractivity contribution >= 4 is 33.4 Å². The molecule has 2 N–H and O–H groups in total. The van der Waals surface area contributed by atoms with Crippen LogP contribution in [0.25, 0.3) is 0 Å². The first-order valence-electron chi connectivity index (χ1n) is 7.45. The van der Waals surface area contributed by atoms with Crippen LogP contribution in [0.3, 0.4) is 0 Å². The first-order chi connectivity index (χ1) is 11.6. The molecule has 0 atom stereocenters. The standard InChI is InChI=1S/C18H19BrN2O3/c1-24-12-18(23)21-16-4-2-3-14(9-16)11-20-17(22)10-13-5-7-15(19)8-6-13/h2-9H,10-12H2,1H3,(H,20,22)(H,21,23). The molecule has 0 aliphatic rings. The number of anilines is 1. The van der Waals surface area contributed by atoms with Crippen molar-refractivity contribution in [1.29, 1.82) is 0 Å². The second-order valence-corrected chi connectivity index (χ2v) is 6.18. The molecule has 0 fully saturated rings. The van der Waals surface area contributed by atoms with Gasteiger partial charge in [-0.05, 0) is 35.4 Å². The zero-order valence-electron chi connectivity index (χ0n) is 13.3. The van der Waals surface area contributed by atoms with E-state index in [-0.39, 0.29) is 18.4 Å². The smallest absolute Gasteiger partial charge is 0.250 e. The van der Waals surface area contributed by atoms with Gasteiger partial charge in [0, 0.05) is 23.8 Å². The molecule has 0 spiro atoms. The first kappa shape index (κ1) is 18.2. The predicted molar refractivity (Wildman–Crippen MR) is 96.6 cm³/mol. The fraction of sp³-hybridized carbons (Fsp3) is 0.222. The van der Waals surface area contributed by atoms with E-state index in [0.29, 0.717) is 18.7 Å².